The Hall–Kier alpha value is -3.65. The number of benzene rings is 3. The molecule has 2 heterocycles. The van der Waals surface area contributed by atoms with Gasteiger partial charge in [0, 0.05) is 15.6 Å². The van der Waals surface area contributed by atoms with E-state index in [2.05, 4.69) is 4.99 Å². The molecular formula is C30H24Cl2N2O4S. The van der Waals surface area contributed by atoms with Crippen LogP contribution in [0.2, 0.25) is 10.0 Å². The van der Waals surface area contributed by atoms with Crippen molar-refractivity contribution in [2.45, 2.75) is 26.5 Å². The lowest BCUT2D eigenvalue weighted by Gasteiger charge is -2.24. The van der Waals surface area contributed by atoms with E-state index in [1.54, 1.807) is 36.6 Å². The first-order valence-electron chi connectivity index (χ1n) is 12.3. The first-order valence-corrected chi connectivity index (χ1v) is 13.8. The van der Waals surface area contributed by atoms with Gasteiger partial charge in [0.2, 0.25) is 0 Å². The van der Waals surface area contributed by atoms with Gasteiger partial charge in [-0.15, -0.1) is 0 Å². The van der Waals surface area contributed by atoms with Crippen LogP contribution in [0.15, 0.2) is 93.9 Å². The molecule has 1 aliphatic heterocycles. The van der Waals surface area contributed by atoms with Crippen LogP contribution >= 0.6 is 34.5 Å². The molecule has 1 aliphatic rings. The number of esters is 1. The number of nitrogens with zero attached hydrogens (tertiary/aromatic N) is 2. The highest BCUT2D eigenvalue weighted by molar-refractivity contribution is 7.07. The van der Waals surface area contributed by atoms with E-state index in [1.807, 2.05) is 60.7 Å². The molecule has 0 saturated heterocycles. The molecule has 4 aromatic rings. The van der Waals surface area contributed by atoms with Crippen LogP contribution in [0.3, 0.4) is 0 Å². The van der Waals surface area contributed by atoms with Gasteiger partial charge in [0.15, 0.2) is 4.80 Å². The summed E-state index contributed by atoms with van der Waals surface area (Å²) in [5, 5.41) is 1.22. The van der Waals surface area contributed by atoms with Crippen LogP contribution in [-0.4, -0.2) is 17.1 Å². The molecule has 0 unspecified atom stereocenters. The SMILES string of the molecule is CCOC(=O)C1=C(C)N=c2s/c(=C/c3ccccc3OCc3ccc(Cl)cc3)c(=O)n2[C@@H]1c1ccc(Cl)cc1. The molecule has 0 bridgehead atoms. The van der Waals surface area contributed by atoms with Gasteiger partial charge in [0.25, 0.3) is 5.56 Å². The molecule has 0 aliphatic carbocycles. The predicted octanol–water partition coefficient (Wildman–Crippen LogP) is 5.68. The Bertz CT molecular complexity index is 1740. The quantitative estimate of drug-likeness (QED) is 0.264. The van der Waals surface area contributed by atoms with Crippen LogP contribution in [0.1, 0.15) is 36.6 Å². The van der Waals surface area contributed by atoms with Crippen molar-refractivity contribution in [2.75, 3.05) is 6.61 Å². The van der Waals surface area contributed by atoms with Crippen molar-refractivity contribution in [1.29, 1.82) is 0 Å². The van der Waals surface area contributed by atoms with Crippen molar-refractivity contribution < 1.29 is 14.3 Å². The number of aromatic nitrogens is 1. The van der Waals surface area contributed by atoms with E-state index in [0.29, 0.717) is 43.0 Å². The van der Waals surface area contributed by atoms with E-state index in [9.17, 15) is 9.59 Å². The molecule has 0 spiro atoms. The van der Waals surface area contributed by atoms with E-state index in [0.717, 1.165) is 16.7 Å². The molecular weight excluding hydrogens is 555 g/mol. The normalized spacial score (nSPS) is 15.1. The number of hydrogen-bond donors (Lipinski definition) is 0. The lowest BCUT2D eigenvalue weighted by molar-refractivity contribution is -0.139. The number of carbonyl (C=O) groups is 1. The molecule has 198 valence electrons. The van der Waals surface area contributed by atoms with Crippen LogP contribution in [0.4, 0.5) is 0 Å². The van der Waals surface area contributed by atoms with E-state index in [-0.39, 0.29) is 12.2 Å². The van der Waals surface area contributed by atoms with Crippen molar-refractivity contribution in [3.05, 3.63) is 130 Å². The van der Waals surface area contributed by atoms with Crippen molar-refractivity contribution >= 4 is 46.6 Å². The van der Waals surface area contributed by atoms with E-state index < -0.39 is 12.0 Å². The van der Waals surface area contributed by atoms with Gasteiger partial charge in [-0.2, -0.15) is 0 Å². The number of fused-ring (bicyclic) bond motifs is 1. The van der Waals surface area contributed by atoms with Crippen LogP contribution in [0.5, 0.6) is 5.75 Å². The summed E-state index contributed by atoms with van der Waals surface area (Å²) in [4.78, 5) is 32.0. The zero-order chi connectivity index (χ0) is 27.5. The second-order valence-electron chi connectivity index (χ2n) is 8.81. The lowest BCUT2D eigenvalue weighted by atomic mass is 9.96. The Labute approximate surface area is 239 Å². The second-order valence-corrected chi connectivity index (χ2v) is 10.7. The second kappa shape index (κ2) is 11.6. The van der Waals surface area contributed by atoms with Gasteiger partial charge in [-0.3, -0.25) is 9.36 Å². The molecule has 0 radical (unpaired) electrons. The standard InChI is InChI=1S/C30H24Cl2N2O4S/c1-3-37-29(36)26-18(2)33-30-34(27(26)20-10-14-23(32)15-11-20)28(35)25(39-30)16-21-6-4-5-7-24(21)38-17-19-8-12-22(31)13-9-19/h4-16,27H,3,17H2,1-2H3/b25-16+/t27-/m1/s1. The highest BCUT2D eigenvalue weighted by atomic mass is 35.5. The zero-order valence-electron chi connectivity index (χ0n) is 21.2. The number of thiazole rings is 1. The third-order valence-electron chi connectivity index (χ3n) is 6.22. The van der Waals surface area contributed by atoms with Gasteiger partial charge < -0.3 is 9.47 Å². The first-order chi connectivity index (χ1) is 18.9. The zero-order valence-corrected chi connectivity index (χ0v) is 23.5. The minimum Gasteiger partial charge on any atom is -0.488 e. The third kappa shape index (κ3) is 5.71. The fraction of sp³-hybridized carbons (Fsp3) is 0.167. The third-order valence-corrected chi connectivity index (χ3v) is 7.70. The summed E-state index contributed by atoms with van der Waals surface area (Å²) in [5.41, 5.74) is 3.02. The Balaban J connectivity index is 1.59. The number of ether oxygens (including phenoxy) is 2. The Kier molecular flexibility index (Phi) is 8.02. The number of carbonyl (C=O) groups excluding carboxylic acids is 1. The maximum atomic E-state index is 13.9. The van der Waals surface area contributed by atoms with Gasteiger partial charge in [0.05, 0.1) is 28.5 Å². The van der Waals surface area contributed by atoms with Crippen LogP contribution in [-0.2, 0) is 16.1 Å². The van der Waals surface area contributed by atoms with Gasteiger partial charge in [-0.1, -0.05) is 77.0 Å². The Morgan fingerprint density at radius 2 is 1.69 bits per heavy atom. The fourth-order valence-corrected chi connectivity index (χ4v) is 5.66. The molecule has 9 heteroatoms. The highest BCUT2D eigenvalue weighted by Crippen LogP contribution is 2.31. The molecule has 1 atom stereocenters. The summed E-state index contributed by atoms with van der Waals surface area (Å²) in [6.45, 7) is 4.06. The topological polar surface area (TPSA) is 69.9 Å². The number of rotatable bonds is 7. The number of allylic oxidation sites excluding steroid dienone is 1. The average molecular weight is 580 g/mol. The summed E-state index contributed by atoms with van der Waals surface area (Å²) in [6.07, 6.45) is 1.79. The lowest BCUT2D eigenvalue weighted by Crippen LogP contribution is -2.39. The maximum absolute atomic E-state index is 13.9. The molecule has 0 N–H and O–H groups in total. The maximum Gasteiger partial charge on any atom is 0.338 e. The molecule has 39 heavy (non-hydrogen) atoms. The number of para-hydroxylation sites is 1. The van der Waals surface area contributed by atoms with Crippen LogP contribution in [0.25, 0.3) is 6.08 Å². The Morgan fingerprint density at radius 3 is 2.38 bits per heavy atom. The molecule has 0 saturated carbocycles. The molecule has 0 fully saturated rings. The molecule has 6 nitrogen and oxygen atoms in total. The van der Waals surface area contributed by atoms with Crippen LogP contribution in [0, 0.1) is 0 Å². The number of hydrogen-bond acceptors (Lipinski definition) is 6. The van der Waals surface area contributed by atoms with Crippen molar-refractivity contribution in [1.82, 2.24) is 4.57 Å². The Morgan fingerprint density at radius 1 is 1.03 bits per heavy atom. The first kappa shape index (κ1) is 26.9. The minimum atomic E-state index is -0.698. The van der Waals surface area contributed by atoms with Gasteiger partial charge in [-0.05, 0) is 61.4 Å². The highest BCUT2D eigenvalue weighted by Gasteiger charge is 2.33. The van der Waals surface area contributed by atoms with Gasteiger partial charge >= 0.3 is 5.97 Å². The van der Waals surface area contributed by atoms with Crippen molar-refractivity contribution in [3.63, 3.8) is 0 Å². The summed E-state index contributed by atoms with van der Waals surface area (Å²) in [7, 11) is 0. The van der Waals surface area contributed by atoms with E-state index in [1.165, 1.54) is 11.3 Å². The van der Waals surface area contributed by atoms with Gasteiger partial charge in [0.1, 0.15) is 12.4 Å². The smallest absolute Gasteiger partial charge is 0.338 e. The summed E-state index contributed by atoms with van der Waals surface area (Å²) in [5.74, 6) is 0.129. The van der Waals surface area contributed by atoms with Crippen molar-refractivity contribution in [2.24, 2.45) is 4.99 Å². The monoisotopic (exact) mass is 578 g/mol. The molecule has 0 amide bonds. The average Bonchev–Trinajstić information content (AvgIpc) is 3.23. The predicted molar refractivity (Wildman–Crippen MR) is 154 cm³/mol. The van der Waals surface area contributed by atoms with Gasteiger partial charge in [-0.25, -0.2) is 9.79 Å². The summed E-state index contributed by atoms with van der Waals surface area (Å²) >= 11 is 13.4. The summed E-state index contributed by atoms with van der Waals surface area (Å²) in [6, 6.07) is 21.3. The summed E-state index contributed by atoms with van der Waals surface area (Å²) < 4.78 is 13.4. The van der Waals surface area contributed by atoms with E-state index in [4.69, 9.17) is 32.7 Å². The largest absolute Gasteiger partial charge is 0.488 e. The molecule has 3 aromatic carbocycles. The van der Waals surface area contributed by atoms with E-state index >= 15 is 0 Å². The molecule has 5 rings (SSSR count). The minimum absolute atomic E-state index is 0.209. The molecule has 1 aromatic heterocycles. The van der Waals surface area contributed by atoms with Crippen LogP contribution < -0.4 is 19.6 Å². The number of halogens is 2. The van der Waals surface area contributed by atoms with Crippen molar-refractivity contribution in [3.8, 4) is 5.75 Å². The fourth-order valence-electron chi connectivity index (χ4n) is 4.37.